The summed E-state index contributed by atoms with van der Waals surface area (Å²) in [6.07, 6.45) is 0.229. The summed E-state index contributed by atoms with van der Waals surface area (Å²) in [6.45, 7) is 1.00. The number of rotatable bonds is 8. The number of hydrogen-bond donors (Lipinski definition) is 0. The molecule has 0 amide bonds. The van der Waals surface area contributed by atoms with Gasteiger partial charge in [-0.15, -0.1) is 0 Å². The molecule has 1 aliphatic heterocycles. The second-order valence-electron chi connectivity index (χ2n) is 5.89. The van der Waals surface area contributed by atoms with Gasteiger partial charge in [-0.3, -0.25) is 0 Å². The normalized spacial score (nSPS) is 16.3. The Morgan fingerprint density at radius 2 is 1.58 bits per heavy atom. The summed E-state index contributed by atoms with van der Waals surface area (Å²) in [7, 11) is 1.74. The van der Waals surface area contributed by atoms with Gasteiger partial charge >= 0.3 is 14.8 Å². The van der Waals surface area contributed by atoms with Crippen molar-refractivity contribution in [2.24, 2.45) is 0 Å². The Morgan fingerprint density at radius 1 is 1.00 bits per heavy atom. The van der Waals surface area contributed by atoms with Crippen LogP contribution in [0.25, 0.3) is 0 Å². The van der Waals surface area contributed by atoms with Crippen molar-refractivity contribution in [2.75, 3.05) is 27.9 Å². The average molecular weight is 374 g/mol. The van der Waals surface area contributed by atoms with Gasteiger partial charge in [0.1, 0.15) is 12.7 Å². The Hall–Kier alpha value is -2.03. The van der Waals surface area contributed by atoms with E-state index in [1.54, 1.807) is 45.6 Å². The Balaban J connectivity index is 1.60. The minimum absolute atomic E-state index is 0.222. The number of benzene rings is 2. The van der Waals surface area contributed by atoms with Crippen LogP contribution in [-0.4, -0.2) is 42.7 Å². The third kappa shape index (κ3) is 4.03. The fraction of sp³-hybridized carbons (Fsp3) is 0.316. The number of ether oxygens (including phenoxy) is 2. The zero-order valence-electron chi connectivity index (χ0n) is 15.1. The molecule has 26 heavy (non-hydrogen) atoms. The van der Waals surface area contributed by atoms with E-state index < -0.39 is 8.80 Å². The average Bonchev–Trinajstić information content (AvgIpc) is 3.54. The minimum atomic E-state index is -2.89. The van der Waals surface area contributed by atoms with Crippen molar-refractivity contribution in [2.45, 2.75) is 12.7 Å². The minimum Gasteiger partial charge on any atom is -0.457 e. The van der Waals surface area contributed by atoms with Crippen LogP contribution in [0.2, 0.25) is 0 Å². The molecule has 2 aromatic carbocycles. The first kappa shape index (κ1) is 18.7. The van der Waals surface area contributed by atoms with Crippen LogP contribution < -0.4 is 5.19 Å². The van der Waals surface area contributed by atoms with Gasteiger partial charge in [0.05, 0.1) is 12.2 Å². The summed E-state index contributed by atoms with van der Waals surface area (Å²) < 4.78 is 26.9. The van der Waals surface area contributed by atoms with Gasteiger partial charge in [0, 0.05) is 26.5 Å². The lowest BCUT2D eigenvalue weighted by atomic mass is 10.1. The van der Waals surface area contributed by atoms with Gasteiger partial charge in [-0.2, -0.15) is 0 Å². The molecule has 1 heterocycles. The van der Waals surface area contributed by atoms with Crippen LogP contribution in [-0.2, 0) is 29.4 Å². The first-order chi connectivity index (χ1) is 12.6. The molecule has 1 saturated heterocycles. The summed E-state index contributed by atoms with van der Waals surface area (Å²) in [5, 5.41) is 0.777. The van der Waals surface area contributed by atoms with E-state index in [2.05, 4.69) is 0 Å². The lowest BCUT2D eigenvalue weighted by molar-refractivity contribution is 0.0472. The molecular formula is C19H22O6Si. The topological polar surface area (TPSA) is 66.5 Å². The van der Waals surface area contributed by atoms with Crippen molar-refractivity contribution < 1.29 is 27.5 Å². The summed E-state index contributed by atoms with van der Waals surface area (Å²) in [5.41, 5.74) is 2.55. The highest BCUT2D eigenvalue weighted by Gasteiger charge is 2.40. The van der Waals surface area contributed by atoms with Gasteiger partial charge in [0.2, 0.25) is 0 Å². The molecule has 6 nitrogen and oxygen atoms in total. The highest BCUT2D eigenvalue weighted by molar-refractivity contribution is 6.75. The smallest absolute Gasteiger partial charge is 0.457 e. The predicted molar refractivity (Wildman–Crippen MR) is 97.1 cm³/mol. The number of carbonyl (C=O) groups is 1. The van der Waals surface area contributed by atoms with Crippen LogP contribution in [0.15, 0.2) is 48.5 Å². The molecule has 0 radical (unpaired) electrons. The highest BCUT2D eigenvalue weighted by Crippen LogP contribution is 2.29. The first-order valence-corrected chi connectivity index (χ1v) is 9.98. The maximum Gasteiger partial charge on any atom is 0.536 e. The van der Waals surface area contributed by atoms with E-state index in [-0.39, 0.29) is 18.7 Å². The lowest BCUT2D eigenvalue weighted by Crippen LogP contribution is -2.54. The van der Waals surface area contributed by atoms with Gasteiger partial charge in [-0.05, 0) is 23.3 Å². The third-order valence-corrected chi connectivity index (χ3v) is 6.99. The molecule has 1 aliphatic rings. The fourth-order valence-corrected chi connectivity index (χ4v) is 4.50. The molecule has 0 aromatic heterocycles. The van der Waals surface area contributed by atoms with Gasteiger partial charge in [-0.25, -0.2) is 4.79 Å². The van der Waals surface area contributed by atoms with E-state index in [9.17, 15) is 4.79 Å². The quantitative estimate of drug-likeness (QED) is 0.401. The van der Waals surface area contributed by atoms with Gasteiger partial charge in [-0.1, -0.05) is 36.4 Å². The third-order valence-electron chi connectivity index (χ3n) is 4.34. The van der Waals surface area contributed by atoms with Crippen LogP contribution in [0.1, 0.15) is 27.6 Å². The number of carbonyl (C=O) groups excluding carboxylic acids is 1. The molecule has 1 fully saturated rings. The van der Waals surface area contributed by atoms with Crippen LogP contribution in [0.3, 0.4) is 0 Å². The Labute approximate surface area is 154 Å². The Morgan fingerprint density at radius 3 is 2.08 bits per heavy atom. The molecule has 138 valence electrons. The van der Waals surface area contributed by atoms with Crippen LogP contribution >= 0.6 is 0 Å². The first-order valence-electron chi connectivity index (χ1n) is 8.25. The Bertz CT molecular complexity index is 727. The molecule has 7 heteroatoms. The van der Waals surface area contributed by atoms with Crippen LogP contribution in [0.5, 0.6) is 0 Å². The standard InChI is InChI=1S/C19H22O6Si/c1-21-26(22-2,23-3)17-10-8-16(9-11-17)19(20)25-12-14-4-6-15(7-5-14)18-13-24-18/h4-11,18H,12-13H2,1-3H3. The zero-order chi connectivity index (χ0) is 18.6. The SMILES string of the molecule is CO[Si](OC)(OC)c1ccc(C(=O)OCc2ccc(C3CO3)cc2)cc1. The van der Waals surface area contributed by atoms with Crippen molar-refractivity contribution in [3.63, 3.8) is 0 Å². The van der Waals surface area contributed by atoms with Crippen LogP contribution in [0, 0.1) is 0 Å². The molecule has 0 bridgehead atoms. The number of hydrogen-bond acceptors (Lipinski definition) is 6. The summed E-state index contributed by atoms with van der Waals surface area (Å²) in [4.78, 5) is 12.2. The maximum absolute atomic E-state index is 12.2. The summed E-state index contributed by atoms with van der Waals surface area (Å²) in [6, 6.07) is 14.8. The maximum atomic E-state index is 12.2. The largest absolute Gasteiger partial charge is 0.536 e. The lowest BCUT2D eigenvalue weighted by Gasteiger charge is -2.24. The second kappa shape index (κ2) is 8.11. The molecule has 0 N–H and O–H groups in total. The van der Waals surface area contributed by atoms with E-state index in [0.717, 1.165) is 22.9 Å². The van der Waals surface area contributed by atoms with Crippen molar-refractivity contribution in [3.8, 4) is 0 Å². The van der Waals surface area contributed by atoms with Gasteiger partial charge in [0.15, 0.2) is 0 Å². The number of esters is 1. The second-order valence-corrected chi connectivity index (χ2v) is 8.80. The van der Waals surface area contributed by atoms with Crippen LogP contribution in [0.4, 0.5) is 0 Å². The van der Waals surface area contributed by atoms with E-state index in [0.29, 0.717) is 5.56 Å². The van der Waals surface area contributed by atoms with Crippen molar-refractivity contribution >= 4 is 20.0 Å². The molecule has 0 saturated carbocycles. The van der Waals surface area contributed by atoms with E-state index >= 15 is 0 Å². The monoisotopic (exact) mass is 374 g/mol. The van der Waals surface area contributed by atoms with Crippen molar-refractivity contribution in [1.82, 2.24) is 0 Å². The molecule has 0 aliphatic carbocycles. The fourth-order valence-electron chi connectivity index (χ4n) is 2.72. The summed E-state index contributed by atoms with van der Waals surface area (Å²) >= 11 is 0. The van der Waals surface area contributed by atoms with Gasteiger partial charge in [0.25, 0.3) is 0 Å². The highest BCUT2D eigenvalue weighted by atomic mass is 28.4. The molecule has 3 rings (SSSR count). The van der Waals surface area contributed by atoms with E-state index in [1.165, 1.54) is 0 Å². The van der Waals surface area contributed by atoms with E-state index in [4.69, 9.17) is 22.8 Å². The van der Waals surface area contributed by atoms with E-state index in [1.807, 2.05) is 24.3 Å². The summed E-state index contributed by atoms with van der Waals surface area (Å²) in [5.74, 6) is -0.384. The number of epoxide rings is 1. The predicted octanol–water partition coefficient (Wildman–Crippen LogP) is 2.20. The molecule has 1 unspecified atom stereocenters. The van der Waals surface area contributed by atoms with Gasteiger partial charge < -0.3 is 22.8 Å². The van der Waals surface area contributed by atoms with Crippen molar-refractivity contribution in [3.05, 3.63) is 65.2 Å². The molecule has 1 atom stereocenters. The molecule has 0 spiro atoms. The van der Waals surface area contributed by atoms with Crippen molar-refractivity contribution in [1.29, 1.82) is 0 Å². The molecular weight excluding hydrogens is 352 g/mol. The Kier molecular flexibility index (Phi) is 5.85. The zero-order valence-corrected chi connectivity index (χ0v) is 16.1. The molecule has 2 aromatic rings.